The smallest absolute Gasteiger partial charge is 0.311 e. The highest BCUT2D eigenvalue weighted by atomic mass is 19.1. The second kappa shape index (κ2) is 10.2. The number of hydrogen-bond acceptors (Lipinski definition) is 8. The van der Waals surface area contributed by atoms with Gasteiger partial charge in [-0.25, -0.2) is 4.39 Å². The highest BCUT2D eigenvalue weighted by molar-refractivity contribution is 5.94. The minimum atomic E-state index is -1.45. The topological polar surface area (TPSA) is 145 Å². The SMILES string of the molecule is COC(=O)Cc1nn(C2(CC#N)CCN(Cc3ccc(-n4ncc(C)n4)cc3)CC2F)cc1C(N)=O. The van der Waals surface area contributed by atoms with Crippen molar-refractivity contribution in [2.75, 3.05) is 20.2 Å². The van der Waals surface area contributed by atoms with Gasteiger partial charge in [-0.1, -0.05) is 12.1 Å². The number of nitrogens with zero attached hydrogens (tertiary/aromatic N) is 7. The van der Waals surface area contributed by atoms with E-state index in [1.54, 1.807) is 11.0 Å². The number of nitrogens with two attached hydrogens (primary N) is 1. The van der Waals surface area contributed by atoms with Crippen LogP contribution in [0.25, 0.3) is 5.69 Å². The molecule has 0 aliphatic carbocycles. The molecular formula is C24H27FN8O3. The number of carbonyl (C=O) groups excluding carboxylic acids is 2. The Hall–Kier alpha value is -4.11. The third-order valence-electron chi connectivity index (χ3n) is 6.48. The highest BCUT2D eigenvalue weighted by Crippen LogP contribution is 2.36. The van der Waals surface area contributed by atoms with Gasteiger partial charge in [0.25, 0.3) is 5.91 Å². The Morgan fingerprint density at radius 1 is 1.31 bits per heavy atom. The molecule has 0 radical (unpaired) electrons. The van der Waals surface area contributed by atoms with E-state index in [1.807, 2.05) is 36.1 Å². The normalized spacial score (nSPS) is 20.1. The Morgan fingerprint density at radius 2 is 2.06 bits per heavy atom. The number of aryl methyl sites for hydroxylation is 1. The number of hydrogen-bond donors (Lipinski definition) is 1. The van der Waals surface area contributed by atoms with Crippen LogP contribution in [0.2, 0.25) is 0 Å². The molecule has 12 heteroatoms. The van der Waals surface area contributed by atoms with Gasteiger partial charge in [0, 0.05) is 25.8 Å². The van der Waals surface area contributed by atoms with Gasteiger partial charge in [-0.15, -0.1) is 0 Å². The molecular weight excluding hydrogens is 467 g/mol. The molecule has 3 aromatic rings. The van der Waals surface area contributed by atoms with Crippen LogP contribution < -0.4 is 5.73 Å². The van der Waals surface area contributed by atoms with E-state index in [0.717, 1.165) is 16.9 Å². The fourth-order valence-corrected chi connectivity index (χ4v) is 4.45. The number of nitriles is 1. The van der Waals surface area contributed by atoms with Crippen LogP contribution >= 0.6 is 0 Å². The lowest BCUT2D eigenvalue weighted by Crippen LogP contribution is -2.54. The molecule has 0 spiro atoms. The Labute approximate surface area is 207 Å². The van der Waals surface area contributed by atoms with E-state index in [0.29, 0.717) is 13.1 Å². The number of carbonyl (C=O) groups is 2. The molecule has 36 heavy (non-hydrogen) atoms. The van der Waals surface area contributed by atoms with E-state index in [-0.39, 0.29) is 37.1 Å². The first-order chi connectivity index (χ1) is 17.3. The number of primary amides is 1. The monoisotopic (exact) mass is 494 g/mol. The van der Waals surface area contributed by atoms with Gasteiger partial charge in [0.15, 0.2) is 0 Å². The number of ether oxygens (including phenoxy) is 1. The lowest BCUT2D eigenvalue weighted by Gasteiger charge is -2.43. The molecule has 4 rings (SSSR count). The summed E-state index contributed by atoms with van der Waals surface area (Å²) >= 11 is 0. The molecule has 3 heterocycles. The van der Waals surface area contributed by atoms with Crippen molar-refractivity contribution in [1.82, 2.24) is 29.7 Å². The first-order valence-corrected chi connectivity index (χ1v) is 11.4. The molecule has 1 saturated heterocycles. The Bertz CT molecular complexity index is 1300. The summed E-state index contributed by atoms with van der Waals surface area (Å²) in [5.41, 5.74) is 6.94. The number of likely N-dealkylation sites (tertiary alicyclic amines) is 1. The van der Waals surface area contributed by atoms with Crippen LogP contribution in [-0.4, -0.2) is 67.9 Å². The number of methoxy groups -OCH3 is 1. The summed E-state index contributed by atoms with van der Waals surface area (Å²) in [6, 6.07) is 9.77. The minimum Gasteiger partial charge on any atom is -0.469 e. The number of alkyl halides is 1. The van der Waals surface area contributed by atoms with E-state index in [9.17, 15) is 14.9 Å². The highest BCUT2D eigenvalue weighted by Gasteiger charge is 2.46. The van der Waals surface area contributed by atoms with Crippen LogP contribution in [0.1, 0.15) is 40.2 Å². The Balaban J connectivity index is 1.51. The second-order valence-electron chi connectivity index (χ2n) is 8.88. The molecule has 2 atom stereocenters. The number of rotatable bonds is 8. The van der Waals surface area contributed by atoms with Gasteiger partial charge in [-0.3, -0.25) is 19.2 Å². The van der Waals surface area contributed by atoms with Gasteiger partial charge in [0.1, 0.15) is 11.7 Å². The van der Waals surface area contributed by atoms with Crippen LogP contribution in [0.5, 0.6) is 0 Å². The summed E-state index contributed by atoms with van der Waals surface area (Å²) in [7, 11) is 1.22. The number of esters is 1. The van der Waals surface area contributed by atoms with Crippen molar-refractivity contribution >= 4 is 11.9 Å². The van der Waals surface area contributed by atoms with E-state index in [4.69, 9.17) is 5.73 Å². The number of halogens is 1. The molecule has 1 aromatic carbocycles. The summed E-state index contributed by atoms with van der Waals surface area (Å²) < 4.78 is 21.8. The molecule has 2 unspecified atom stereocenters. The molecule has 11 nitrogen and oxygen atoms in total. The molecule has 0 saturated carbocycles. The summed E-state index contributed by atoms with van der Waals surface area (Å²) in [5, 5.41) is 22.3. The first kappa shape index (κ1) is 25.0. The second-order valence-corrected chi connectivity index (χ2v) is 8.88. The molecule has 2 N–H and O–H groups in total. The van der Waals surface area contributed by atoms with Gasteiger partial charge in [0.2, 0.25) is 0 Å². The number of aromatic nitrogens is 5. The van der Waals surface area contributed by atoms with Crippen molar-refractivity contribution in [2.45, 2.75) is 44.4 Å². The molecule has 1 fully saturated rings. The van der Waals surface area contributed by atoms with Crippen molar-refractivity contribution < 1.29 is 18.7 Å². The van der Waals surface area contributed by atoms with Crippen LogP contribution in [0, 0.1) is 18.3 Å². The maximum Gasteiger partial charge on any atom is 0.311 e. The van der Waals surface area contributed by atoms with Crippen LogP contribution in [0.4, 0.5) is 4.39 Å². The predicted molar refractivity (Wildman–Crippen MR) is 126 cm³/mol. The quantitative estimate of drug-likeness (QED) is 0.463. The van der Waals surface area contributed by atoms with Crippen LogP contribution in [0.15, 0.2) is 36.7 Å². The molecule has 1 aliphatic heterocycles. The fraction of sp³-hybridized carbons (Fsp3) is 0.417. The lowest BCUT2D eigenvalue weighted by molar-refractivity contribution is -0.139. The van der Waals surface area contributed by atoms with Gasteiger partial charge in [-0.05, 0) is 31.0 Å². The van der Waals surface area contributed by atoms with Gasteiger partial charge in [0.05, 0.1) is 54.9 Å². The molecule has 1 aliphatic rings. The number of amides is 1. The zero-order valence-corrected chi connectivity index (χ0v) is 20.1. The average Bonchev–Trinajstić information content (AvgIpc) is 3.48. The molecule has 188 valence electrons. The minimum absolute atomic E-state index is 0.00861. The Morgan fingerprint density at radius 3 is 2.64 bits per heavy atom. The number of benzene rings is 1. The van der Waals surface area contributed by atoms with Gasteiger partial charge < -0.3 is 10.5 Å². The van der Waals surface area contributed by atoms with Crippen LogP contribution in [0.3, 0.4) is 0 Å². The van der Waals surface area contributed by atoms with Crippen molar-refractivity contribution in [2.24, 2.45) is 5.73 Å². The van der Waals surface area contributed by atoms with E-state index in [1.165, 1.54) is 18.0 Å². The summed E-state index contributed by atoms with van der Waals surface area (Å²) in [5.74, 6) is -1.39. The zero-order valence-electron chi connectivity index (χ0n) is 20.1. The van der Waals surface area contributed by atoms with Crippen molar-refractivity contribution in [3.05, 3.63) is 59.2 Å². The number of piperidine rings is 1. The van der Waals surface area contributed by atoms with Crippen molar-refractivity contribution in [3.63, 3.8) is 0 Å². The van der Waals surface area contributed by atoms with E-state index in [2.05, 4.69) is 26.1 Å². The fourth-order valence-electron chi connectivity index (χ4n) is 4.45. The summed E-state index contributed by atoms with van der Waals surface area (Å²) in [4.78, 5) is 27.2. The molecule has 1 amide bonds. The van der Waals surface area contributed by atoms with Gasteiger partial charge in [-0.2, -0.15) is 25.4 Å². The van der Waals surface area contributed by atoms with Gasteiger partial charge >= 0.3 is 5.97 Å². The Kier molecular flexibility index (Phi) is 7.12. The first-order valence-electron chi connectivity index (χ1n) is 11.4. The predicted octanol–water partition coefficient (Wildman–Crippen LogP) is 1.44. The lowest BCUT2D eigenvalue weighted by atomic mass is 9.83. The molecule has 0 bridgehead atoms. The van der Waals surface area contributed by atoms with Crippen LogP contribution in [-0.2, 0) is 28.0 Å². The van der Waals surface area contributed by atoms with Crippen molar-refractivity contribution in [3.8, 4) is 11.8 Å². The maximum absolute atomic E-state index is 15.8. The van der Waals surface area contributed by atoms with E-state index >= 15 is 4.39 Å². The largest absolute Gasteiger partial charge is 0.469 e. The summed E-state index contributed by atoms with van der Waals surface area (Å²) in [6.07, 6.45) is 1.42. The third kappa shape index (κ3) is 4.96. The summed E-state index contributed by atoms with van der Waals surface area (Å²) in [6.45, 7) is 2.96. The standard InChI is InChI=1S/C24H27FN8O3/c1-16-12-28-33(29-16)18-5-3-17(4-6-18)13-31-10-8-24(7-9-26,21(25)15-31)32-14-19(23(27)35)20(30-32)11-22(34)36-2/h3-6,12,14,21H,7-8,10-11,13,15H2,1-2H3,(H2,27,35). The van der Waals surface area contributed by atoms with E-state index < -0.39 is 23.6 Å². The molecule has 2 aromatic heterocycles. The van der Waals surface area contributed by atoms with Crippen molar-refractivity contribution in [1.29, 1.82) is 5.26 Å². The zero-order chi connectivity index (χ0) is 25.9. The maximum atomic E-state index is 15.8. The average molecular weight is 495 g/mol. The third-order valence-corrected chi connectivity index (χ3v) is 6.48.